The van der Waals surface area contributed by atoms with E-state index in [-0.39, 0.29) is 23.5 Å². The molecular weight excluding hydrogens is 326 g/mol. The highest BCUT2D eigenvalue weighted by molar-refractivity contribution is 7.89. The van der Waals surface area contributed by atoms with E-state index in [4.69, 9.17) is 4.42 Å². The fourth-order valence-electron chi connectivity index (χ4n) is 3.50. The molecule has 1 fully saturated rings. The van der Waals surface area contributed by atoms with Gasteiger partial charge in [0.2, 0.25) is 0 Å². The molecule has 5 nitrogen and oxygen atoms in total. The first-order valence-corrected chi connectivity index (χ1v) is 10.5. The van der Waals surface area contributed by atoms with Crippen LogP contribution in [-0.4, -0.2) is 38.1 Å². The van der Waals surface area contributed by atoms with Crippen molar-refractivity contribution in [1.29, 1.82) is 0 Å². The van der Waals surface area contributed by atoms with Crippen molar-refractivity contribution in [2.24, 2.45) is 0 Å². The Bertz CT molecular complexity index is 853. The molecule has 130 valence electrons. The highest BCUT2D eigenvalue weighted by Crippen LogP contribution is 2.30. The molecule has 0 N–H and O–H groups in total. The van der Waals surface area contributed by atoms with Crippen LogP contribution in [0.25, 0.3) is 11.0 Å². The van der Waals surface area contributed by atoms with Crippen LogP contribution in [0.3, 0.4) is 0 Å². The number of nitrogens with zero attached hydrogens (tertiary/aromatic N) is 1. The van der Waals surface area contributed by atoms with Gasteiger partial charge in [0.25, 0.3) is 5.91 Å². The molecule has 1 saturated heterocycles. The lowest BCUT2D eigenvalue weighted by atomic mass is 9.99. The maximum absolute atomic E-state index is 13.1. The summed E-state index contributed by atoms with van der Waals surface area (Å²) < 4.78 is 29.5. The Morgan fingerprint density at radius 1 is 1.29 bits per heavy atom. The molecule has 1 aromatic carbocycles. The van der Waals surface area contributed by atoms with Crippen LogP contribution in [0.2, 0.25) is 0 Å². The van der Waals surface area contributed by atoms with Gasteiger partial charge in [-0.2, -0.15) is 0 Å². The number of para-hydroxylation sites is 1. The third-order valence-electron chi connectivity index (χ3n) is 4.66. The van der Waals surface area contributed by atoms with E-state index in [9.17, 15) is 13.2 Å². The van der Waals surface area contributed by atoms with Crippen molar-refractivity contribution in [3.05, 3.63) is 35.6 Å². The minimum Gasteiger partial charge on any atom is -0.451 e. The highest BCUT2D eigenvalue weighted by Gasteiger charge is 2.31. The minimum absolute atomic E-state index is 0.182. The number of hydrogen-bond acceptors (Lipinski definition) is 4. The lowest BCUT2D eigenvalue weighted by Gasteiger charge is -2.34. The number of benzene rings is 1. The van der Waals surface area contributed by atoms with Gasteiger partial charge in [-0.1, -0.05) is 25.1 Å². The van der Waals surface area contributed by atoms with E-state index < -0.39 is 9.84 Å². The van der Waals surface area contributed by atoms with Crippen molar-refractivity contribution in [1.82, 2.24) is 4.90 Å². The molecule has 0 bridgehead atoms. The summed E-state index contributed by atoms with van der Waals surface area (Å²) in [6.07, 6.45) is 5.17. The maximum atomic E-state index is 13.1. The molecule has 3 rings (SSSR count). The second-order valence-corrected chi connectivity index (χ2v) is 8.67. The van der Waals surface area contributed by atoms with Crippen molar-refractivity contribution in [3.8, 4) is 0 Å². The van der Waals surface area contributed by atoms with Crippen molar-refractivity contribution in [2.75, 3.05) is 12.8 Å². The molecule has 0 aliphatic carbocycles. The summed E-state index contributed by atoms with van der Waals surface area (Å²) in [5, 5.41) is 0.705. The quantitative estimate of drug-likeness (QED) is 0.848. The van der Waals surface area contributed by atoms with E-state index in [2.05, 4.69) is 6.92 Å². The van der Waals surface area contributed by atoms with Gasteiger partial charge in [0.05, 0.1) is 5.75 Å². The van der Waals surface area contributed by atoms with Gasteiger partial charge in [-0.05, 0) is 31.7 Å². The average molecular weight is 349 g/mol. The van der Waals surface area contributed by atoms with Gasteiger partial charge in [-0.15, -0.1) is 0 Å². The Kier molecular flexibility index (Phi) is 4.67. The lowest BCUT2D eigenvalue weighted by Crippen LogP contribution is -2.43. The van der Waals surface area contributed by atoms with Crippen LogP contribution in [0, 0.1) is 0 Å². The summed E-state index contributed by atoms with van der Waals surface area (Å²) >= 11 is 0. The second kappa shape index (κ2) is 6.59. The number of hydrogen-bond donors (Lipinski definition) is 0. The van der Waals surface area contributed by atoms with E-state index in [0.29, 0.717) is 23.1 Å². The summed E-state index contributed by atoms with van der Waals surface area (Å²) in [7, 11) is -3.28. The molecule has 2 aromatic rings. The molecule has 1 unspecified atom stereocenters. The van der Waals surface area contributed by atoms with Gasteiger partial charge in [0.1, 0.15) is 5.58 Å². The van der Waals surface area contributed by atoms with Crippen LogP contribution in [0.1, 0.15) is 48.7 Å². The standard InChI is InChI=1S/C18H23NO4S/c1-3-13-8-6-7-11-19(13)18(20)17-15(12-24(2,21)22)14-9-4-5-10-16(14)23-17/h4-5,9-10,13H,3,6-8,11-12H2,1-2H3. The van der Waals surface area contributed by atoms with Gasteiger partial charge in [0.15, 0.2) is 15.6 Å². The molecule has 0 radical (unpaired) electrons. The number of sulfone groups is 1. The monoisotopic (exact) mass is 349 g/mol. The first-order valence-electron chi connectivity index (χ1n) is 8.40. The zero-order valence-corrected chi connectivity index (χ0v) is 14.9. The Morgan fingerprint density at radius 3 is 2.75 bits per heavy atom. The topological polar surface area (TPSA) is 67.6 Å². The zero-order chi connectivity index (χ0) is 17.3. The molecule has 1 atom stereocenters. The summed E-state index contributed by atoms with van der Waals surface area (Å²) in [4.78, 5) is 14.9. The average Bonchev–Trinajstić information content (AvgIpc) is 2.91. The van der Waals surface area contributed by atoms with E-state index >= 15 is 0 Å². The SMILES string of the molecule is CCC1CCCCN1C(=O)c1oc2ccccc2c1CS(C)(=O)=O. The Hall–Kier alpha value is -1.82. The van der Waals surface area contributed by atoms with Gasteiger partial charge in [0, 0.05) is 29.8 Å². The van der Waals surface area contributed by atoms with E-state index in [1.807, 2.05) is 23.1 Å². The van der Waals surface area contributed by atoms with E-state index in [1.165, 1.54) is 6.26 Å². The first-order chi connectivity index (χ1) is 11.4. The molecule has 6 heteroatoms. The molecule has 2 heterocycles. The van der Waals surface area contributed by atoms with E-state index in [0.717, 1.165) is 25.7 Å². The van der Waals surface area contributed by atoms with Crippen molar-refractivity contribution < 1.29 is 17.6 Å². The van der Waals surface area contributed by atoms with Crippen LogP contribution in [0.5, 0.6) is 0 Å². The second-order valence-electron chi connectivity index (χ2n) is 6.53. The molecule has 0 saturated carbocycles. The van der Waals surface area contributed by atoms with Crippen LogP contribution < -0.4 is 0 Å². The molecule has 0 spiro atoms. The Labute approximate surface area is 142 Å². The predicted molar refractivity (Wildman–Crippen MR) is 93.7 cm³/mol. The third-order valence-corrected chi connectivity index (χ3v) is 5.47. The zero-order valence-electron chi connectivity index (χ0n) is 14.1. The first kappa shape index (κ1) is 17.0. The molecule has 1 amide bonds. The molecule has 1 aliphatic heterocycles. The molecule has 24 heavy (non-hydrogen) atoms. The predicted octanol–water partition coefficient (Wildman–Crippen LogP) is 3.38. The summed E-state index contributed by atoms with van der Waals surface area (Å²) in [5.74, 6) is -0.186. The smallest absolute Gasteiger partial charge is 0.290 e. The number of carbonyl (C=O) groups excluding carboxylic acids is 1. The van der Waals surface area contributed by atoms with Crippen LogP contribution >= 0.6 is 0 Å². The Morgan fingerprint density at radius 2 is 2.04 bits per heavy atom. The van der Waals surface area contributed by atoms with Crippen molar-refractivity contribution in [2.45, 2.75) is 44.4 Å². The van der Waals surface area contributed by atoms with Crippen LogP contribution in [-0.2, 0) is 15.6 Å². The number of amides is 1. The summed E-state index contributed by atoms with van der Waals surface area (Å²) in [6, 6.07) is 7.42. The highest BCUT2D eigenvalue weighted by atomic mass is 32.2. The molecular formula is C18H23NO4S. The fraction of sp³-hybridized carbons (Fsp3) is 0.500. The largest absolute Gasteiger partial charge is 0.451 e. The maximum Gasteiger partial charge on any atom is 0.290 e. The number of carbonyl (C=O) groups is 1. The van der Waals surface area contributed by atoms with Crippen molar-refractivity contribution >= 4 is 26.7 Å². The summed E-state index contributed by atoms with van der Waals surface area (Å²) in [6.45, 7) is 2.78. The molecule has 1 aromatic heterocycles. The number of furan rings is 1. The number of likely N-dealkylation sites (tertiary alicyclic amines) is 1. The van der Waals surface area contributed by atoms with E-state index in [1.54, 1.807) is 6.07 Å². The summed E-state index contributed by atoms with van der Waals surface area (Å²) in [5.41, 5.74) is 1.04. The Balaban J connectivity index is 2.07. The lowest BCUT2D eigenvalue weighted by molar-refractivity contribution is 0.0577. The molecule has 1 aliphatic rings. The minimum atomic E-state index is -3.28. The van der Waals surface area contributed by atoms with Crippen LogP contribution in [0.15, 0.2) is 28.7 Å². The van der Waals surface area contributed by atoms with Gasteiger partial charge < -0.3 is 9.32 Å². The number of piperidine rings is 1. The van der Waals surface area contributed by atoms with Gasteiger partial charge in [-0.3, -0.25) is 4.79 Å². The van der Waals surface area contributed by atoms with Gasteiger partial charge in [-0.25, -0.2) is 8.42 Å². The fourth-order valence-corrected chi connectivity index (χ4v) is 4.31. The van der Waals surface area contributed by atoms with Crippen molar-refractivity contribution in [3.63, 3.8) is 0 Å². The third kappa shape index (κ3) is 3.34. The van der Waals surface area contributed by atoms with Crippen LogP contribution in [0.4, 0.5) is 0 Å². The number of fused-ring (bicyclic) bond motifs is 1. The normalized spacial score (nSPS) is 18.9. The number of rotatable bonds is 4. The van der Waals surface area contributed by atoms with Gasteiger partial charge >= 0.3 is 0 Å².